The lowest BCUT2D eigenvalue weighted by molar-refractivity contribution is 0.414. The van der Waals surface area contributed by atoms with Crippen LogP contribution in [0.4, 0.5) is 0 Å². The van der Waals surface area contributed by atoms with Gasteiger partial charge in [-0.3, -0.25) is 0 Å². The number of hydrogen-bond acceptors (Lipinski definition) is 4. The molecular weight excluding hydrogens is 226 g/mol. The maximum absolute atomic E-state index is 11.3. The van der Waals surface area contributed by atoms with Crippen LogP contribution in [0.3, 0.4) is 0 Å². The van der Waals surface area contributed by atoms with Gasteiger partial charge in [0.1, 0.15) is 5.75 Å². The van der Waals surface area contributed by atoms with Gasteiger partial charge >= 0.3 is 0 Å². The Balaban J connectivity index is 2.51. The van der Waals surface area contributed by atoms with E-state index in [1.807, 2.05) is 0 Å². The third kappa shape index (κ3) is 1.94. The first-order valence-corrected chi connectivity index (χ1v) is 6.21. The van der Waals surface area contributed by atoms with Gasteiger partial charge in [0.05, 0.1) is 18.2 Å². The van der Waals surface area contributed by atoms with Gasteiger partial charge in [0.2, 0.25) is 0 Å². The van der Waals surface area contributed by atoms with E-state index in [1.54, 1.807) is 31.4 Å². The smallest absolute Gasteiger partial charge is 0.195 e. The summed E-state index contributed by atoms with van der Waals surface area (Å²) < 4.78 is 27.7. The third-order valence-corrected chi connectivity index (χ3v) is 3.41. The first-order chi connectivity index (χ1) is 7.52. The van der Waals surface area contributed by atoms with Crippen molar-refractivity contribution >= 4 is 15.4 Å². The summed E-state index contributed by atoms with van der Waals surface area (Å²) in [5.74, 6) is 0.662. The minimum absolute atomic E-state index is 0.258. The molecule has 0 aromatic heterocycles. The van der Waals surface area contributed by atoms with E-state index >= 15 is 0 Å². The molecule has 4 nitrogen and oxygen atoms in total. The van der Waals surface area contributed by atoms with Crippen LogP contribution in [0.1, 0.15) is 5.56 Å². The lowest BCUT2D eigenvalue weighted by Crippen LogP contribution is -1.97. The number of rotatable bonds is 2. The largest absolute Gasteiger partial charge is 0.497 e. The molecule has 1 aliphatic heterocycles. The fourth-order valence-electron chi connectivity index (χ4n) is 1.53. The van der Waals surface area contributed by atoms with Crippen molar-refractivity contribution in [1.82, 2.24) is 0 Å². The predicted molar refractivity (Wildman–Crippen MR) is 62.2 cm³/mol. The fourth-order valence-corrected chi connectivity index (χ4v) is 2.68. The highest BCUT2D eigenvalue weighted by Gasteiger charge is 2.19. The molecule has 0 amide bonds. The first-order valence-electron chi connectivity index (χ1n) is 4.60. The number of nitrogens with two attached hydrogens (primary N) is 1. The summed E-state index contributed by atoms with van der Waals surface area (Å²) in [7, 11) is -1.75. The maximum Gasteiger partial charge on any atom is 0.195 e. The molecule has 0 spiro atoms. The van der Waals surface area contributed by atoms with E-state index in [4.69, 9.17) is 10.5 Å². The second kappa shape index (κ2) is 3.68. The molecule has 1 aliphatic rings. The van der Waals surface area contributed by atoms with Gasteiger partial charge in [0.15, 0.2) is 9.84 Å². The zero-order chi connectivity index (χ0) is 11.8. The van der Waals surface area contributed by atoms with Gasteiger partial charge in [-0.05, 0) is 17.7 Å². The zero-order valence-corrected chi connectivity index (χ0v) is 9.49. The number of hydrogen-bond donors (Lipinski definition) is 1. The Morgan fingerprint density at radius 2 is 2.00 bits per heavy atom. The molecular formula is C11H11NO3S. The molecule has 2 N–H and O–H groups in total. The van der Waals surface area contributed by atoms with Gasteiger partial charge in [-0.2, -0.15) is 0 Å². The third-order valence-electron chi connectivity index (χ3n) is 2.27. The van der Waals surface area contributed by atoms with Crippen molar-refractivity contribution in [1.29, 1.82) is 0 Å². The topological polar surface area (TPSA) is 69.4 Å². The van der Waals surface area contributed by atoms with Crippen molar-refractivity contribution in [3.8, 4) is 5.75 Å². The highest BCUT2D eigenvalue weighted by molar-refractivity contribution is 7.97. The molecule has 2 rings (SSSR count). The van der Waals surface area contributed by atoms with E-state index in [1.165, 1.54) is 0 Å². The minimum Gasteiger partial charge on any atom is -0.497 e. The lowest BCUT2D eigenvalue weighted by Gasteiger charge is -2.05. The van der Waals surface area contributed by atoms with Crippen LogP contribution in [-0.4, -0.2) is 15.5 Å². The maximum atomic E-state index is 11.3. The summed E-state index contributed by atoms with van der Waals surface area (Å²) in [5, 5.41) is 2.22. The van der Waals surface area contributed by atoms with Crippen LogP contribution in [0.15, 0.2) is 40.8 Å². The van der Waals surface area contributed by atoms with Gasteiger partial charge in [-0.25, -0.2) is 8.42 Å². The Kier molecular flexibility index (Phi) is 2.47. The molecule has 0 saturated carbocycles. The number of benzene rings is 1. The minimum atomic E-state index is -3.30. The summed E-state index contributed by atoms with van der Waals surface area (Å²) in [6, 6.07) is 7.10. The molecule has 0 unspecified atom stereocenters. The average molecular weight is 237 g/mol. The lowest BCUT2D eigenvalue weighted by atomic mass is 10.1. The normalized spacial score (nSPS) is 17.8. The molecule has 0 saturated heterocycles. The Bertz CT molecular complexity index is 585. The second-order valence-electron chi connectivity index (χ2n) is 3.43. The van der Waals surface area contributed by atoms with Crippen LogP contribution in [0.5, 0.6) is 5.75 Å². The van der Waals surface area contributed by atoms with Gasteiger partial charge < -0.3 is 10.5 Å². The summed E-state index contributed by atoms with van der Waals surface area (Å²) in [4.78, 5) is 0. The number of methoxy groups -OCH3 is 1. The molecule has 0 aliphatic carbocycles. The predicted octanol–water partition coefficient (Wildman–Crippen LogP) is 1.26. The summed E-state index contributed by atoms with van der Waals surface area (Å²) in [6.07, 6.45) is 0. The quantitative estimate of drug-likeness (QED) is 0.840. The molecule has 0 radical (unpaired) electrons. The average Bonchev–Trinajstić information content (AvgIpc) is 2.52. The Morgan fingerprint density at radius 1 is 1.25 bits per heavy atom. The van der Waals surface area contributed by atoms with Crippen molar-refractivity contribution in [3.63, 3.8) is 0 Å². The molecule has 1 heterocycles. The van der Waals surface area contributed by atoms with E-state index in [9.17, 15) is 8.42 Å². The van der Waals surface area contributed by atoms with Crippen LogP contribution >= 0.6 is 0 Å². The number of allylic oxidation sites excluding steroid dienone is 1. The van der Waals surface area contributed by atoms with Crippen LogP contribution in [0.2, 0.25) is 0 Å². The van der Waals surface area contributed by atoms with Gasteiger partial charge in [0.25, 0.3) is 0 Å². The van der Waals surface area contributed by atoms with E-state index in [0.717, 1.165) is 16.4 Å². The number of sulfone groups is 1. The van der Waals surface area contributed by atoms with Gasteiger partial charge in [-0.1, -0.05) is 12.1 Å². The van der Waals surface area contributed by atoms with Crippen LogP contribution in [0.25, 0.3) is 5.57 Å². The Labute approximate surface area is 93.9 Å². The molecule has 0 atom stereocenters. The SMILES string of the molecule is COc1cccc(C2=CS(=O)(=O)C=C2N)c1. The van der Waals surface area contributed by atoms with Crippen LogP contribution in [0, 0.1) is 0 Å². The van der Waals surface area contributed by atoms with Gasteiger partial charge in [0, 0.05) is 11.0 Å². The van der Waals surface area contributed by atoms with Crippen molar-refractivity contribution in [3.05, 3.63) is 46.3 Å². The van der Waals surface area contributed by atoms with E-state index in [0.29, 0.717) is 11.3 Å². The molecule has 1 aromatic rings. The van der Waals surface area contributed by atoms with Gasteiger partial charge in [-0.15, -0.1) is 0 Å². The van der Waals surface area contributed by atoms with Crippen LogP contribution in [-0.2, 0) is 9.84 Å². The standard InChI is InChI=1S/C11H11NO3S/c1-15-9-4-2-3-8(5-9)10-6-16(13,14)7-11(10)12/h2-7H,12H2,1H3. The molecule has 0 bridgehead atoms. The number of ether oxygens (including phenoxy) is 1. The molecule has 84 valence electrons. The fraction of sp³-hybridized carbons (Fsp3) is 0.0909. The highest BCUT2D eigenvalue weighted by atomic mass is 32.2. The van der Waals surface area contributed by atoms with Crippen molar-refractivity contribution < 1.29 is 13.2 Å². The summed E-state index contributed by atoms with van der Waals surface area (Å²) >= 11 is 0. The van der Waals surface area contributed by atoms with Crippen molar-refractivity contribution in [2.75, 3.05) is 7.11 Å². The monoisotopic (exact) mass is 237 g/mol. The van der Waals surface area contributed by atoms with E-state index in [-0.39, 0.29) is 5.70 Å². The molecule has 0 fully saturated rings. The molecule has 1 aromatic carbocycles. The van der Waals surface area contributed by atoms with E-state index in [2.05, 4.69) is 0 Å². The molecule has 5 heteroatoms. The molecule has 16 heavy (non-hydrogen) atoms. The summed E-state index contributed by atoms with van der Waals surface area (Å²) in [6.45, 7) is 0. The van der Waals surface area contributed by atoms with Crippen molar-refractivity contribution in [2.45, 2.75) is 0 Å². The Morgan fingerprint density at radius 3 is 2.56 bits per heavy atom. The zero-order valence-electron chi connectivity index (χ0n) is 8.67. The second-order valence-corrected chi connectivity index (χ2v) is 5.08. The highest BCUT2D eigenvalue weighted by Crippen LogP contribution is 2.29. The van der Waals surface area contributed by atoms with E-state index < -0.39 is 9.84 Å². The summed E-state index contributed by atoms with van der Waals surface area (Å²) in [5.41, 5.74) is 7.15. The van der Waals surface area contributed by atoms with Crippen LogP contribution < -0.4 is 10.5 Å². The Hall–Kier alpha value is -1.75. The first kappa shape index (κ1) is 10.8. The van der Waals surface area contributed by atoms with Crippen molar-refractivity contribution in [2.24, 2.45) is 5.73 Å².